The monoisotopic (exact) mass is 477 g/mol. The van der Waals surface area contributed by atoms with Crippen LogP contribution in [0.3, 0.4) is 0 Å². The van der Waals surface area contributed by atoms with Crippen LogP contribution in [0.2, 0.25) is 0 Å². The summed E-state index contributed by atoms with van der Waals surface area (Å²) >= 11 is 0. The quantitative estimate of drug-likeness (QED) is 0.274. The van der Waals surface area contributed by atoms with Crippen molar-refractivity contribution >= 4 is 23.3 Å². The highest BCUT2D eigenvalue weighted by Gasteiger charge is 2.21. The molecule has 0 unspecified atom stereocenters. The van der Waals surface area contributed by atoms with Crippen LogP contribution < -0.4 is 21.4 Å². The van der Waals surface area contributed by atoms with Gasteiger partial charge >= 0.3 is 5.69 Å². The Morgan fingerprint density at radius 1 is 1.20 bits per heavy atom. The third kappa shape index (κ3) is 5.14. The lowest BCUT2D eigenvalue weighted by Gasteiger charge is -2.15. The second kappa shape index (κ2) is 10.3. The number of aryl methyl sites for hydroxylation is 2. The van der Waals surface area contributed by atoms with Crippen molar-refractivity contribution in [2.75, 3.05) is 12.0 Å². The van der Waals surface area contributed by atoms with Crippen molar-refractivity contribution in [2.24, 2.45) is 19.2 Å². The molecule has 0 saturated heterocycles. The van der Waals surface area contributed by atoms with Crippen molar-refractivity contribution in [2.45, 2.75) is 26.0 Å². The summed E-state index contributed by atoms with van der Waals surface area (Å²) in [5.74, 6) is 0.849. The molecule has 1 atom stereocenters. The third-order valence-electron chi connectivity index (χ3n) is 5.55. The Bertz CT molecular complexity index is 1470. The molecule has 0 fully saturated rings. The van der Waals surface area contributed by atoms with Crippen LogP contribution in [0.1, 0.15) is 18.1 Å². The summed E-state index contributed by atoms with van der Waals surface area (Å²) in [5.41, 5.74) is 4.02. The van der Waals surface area contributed by atoms with Crippen LogP contribution in [0, 0.1) is 0 Å². The summed E-state index contributed by atoms with van der Waals surface area (Å²) in [6.07, 6.45) is 4.75. The number of imidazole rings is 1. The molecule has 11 nitrogen and oxygen atoms in total. The number of aliphatic hydroxyl groups is 1. The van der Waals surface area contributed by atoms with Gasteiger partial charge in [0.15, 0.2) is 11.2 Å². The van der Waals surface area contributed by atoms with Gasteiger partial charge in [0, 0.05) is 32.1 Å². The number of benzene rings is 1. The Balaban J connectivity index is 1.64. The summed E-state index contributed by atoms with van der Waals surface area (Å²) in [6.45, 7) is 2.04. The van der Waals surface area contributed by atoms with Gasteiger partial charge in [-0.15, -0.1) is 0 Å². The van der Waals surface area contributed by atoms with Gasteiger partial charge in [-0.3, -0.25) is 18.9 Å². The molecule has 0 aliphatic carbocycles. The van der Waals surface area contributed by atoms with E-state index in [2.05, 4.69) is 27.4 Å². The lowest BCUT2D eigenvalue weighted by atomic mass is 10.2. The van der Waals surface area contributed by atoms with Crippen molar-refractivity contribution in [1.82, 2.24) is 23.7 Å². The highest BCUT2D eigenvalue weighted by molar-refractivity contribution is 5.80. The first kappa shape index (κ1) is 23.9. The van der Waals surface area contributed by atoms with Gasteiger partial charge in [-0.1, -0.05) is 25.1 Å². The van der Waals surface area contributed by atoms with E-state index in [1.165, 1.54) is 23.2 Å². The zero-order valence-electron chi connectivity index (χ0n) is 19.8. The number of nitrogens with zero attached hydrogens (tertiary/aromatic N) is 6. The molecule has 35 heavy (non-hydrogen) atoms. The zero-order valence-corrected chi connectivity index (χ0v) is 19.8. The number of anilines is 1. The average molecular weight is 478 g/mol. The van der Waals surface area contributed by atoms with Crippen LogP contribution in [0.5, 0.6) is 5.75 Å². The topological polar surface area (TPSA) is 129 Å². The fraction of sp³-hybridized carbons (Fsp3) is 0.292. The van der Waals surface area contributed by atoms with Crippen molar-refractivity contribution < 1.29 is 9.84 Å². The van der Waals surface area contributed by atoms with Crippen LogP contribution in [0.15, 0.2) is 63.5 Å². The summed E-state index contributed by atoms with van der Waals surface area (Å²) in [5, 5.41) is 14.9. The molecule has 0 bridgehead atoms. The number of nitrogens with one attached hydrogen (secondary N) is 1. The fourth-order valence-corrected chi connectivity index (χ4v) is 3.64. The summed E-state index contributed by atoms with van der Waals surface area (Å²) in [6, 6.07) is 11.3. The first-order valence-electron chi connectivity index (χ1n) is 11.1. The van der Waals surface area contributed by atoms with Crippen molar-refractivity contribution in [3.05, 3.63) is 80.8 Å². The maximum atomic E-state index is 13.0. The van der Waals surface area contributed by atoms with Crippen LogP contribution in [0.4, 0.5) is 5.95 Å². The largest absolute Gasteiger partial charge is 0.491 e. The molecule has 3 aromatic heterocycles. The van der Waals surface area contributed by atoms with Crippen LogP contribution in [-0.2, 0) is 27.1 Å². The molecule has 0 aliphatic rings. The average Bonchev–Trinajstić information content (AvgIpc) is 3.23. The fourth-order valence-electron chi connectivity index (χ4n) is 3.64. The zero-order chi connectivity index (χ0) is 24.9. The van der Waals surface area contributed by atoms with Gasteiger partial charge in [0.05, 0.1) is 12.8 Å². The van der Waals surface area contributed by atoms with Crippen molar-refractivity contribution in [1.29, 1.82) is 0 Å². The van der Waals surface area contributed by atoms with Gasteiger partial charge in [-0.05, 0) is 30.2 Å². The highest BCUT2D eigenvalue weighted by Crippen LogP contribution is 2.18. The van der Waals surface area contributed by atoms with Gasteiger partial charge in [-0.25, -0.2) is 10.2 Å². The Hall–Kier alpha value is -4.25. The lowest BCUT2D eigenvalue weighted by Crippen LogP contribution is -2.38. The van der Waals surface area contributed by atoms with Crippen molar-refractivity contribution in [3.63, 3.8) is 0 Å². The minimum absolute atomic E-state index is 0.00267. The molecule has 182 valence electrons. The summed E-state index contributed by atoms with van der Waals surface area (Å²) in [7, 11) is 2.93. The molecule has 0 aliphatic heterocycles. The maximum Gasteiger partial charge on any atom is 0.332 e. The molecule has 3 heterocycles. The molecule has 11 heteroatoms. The normalized spacial score (nSPS) is 12.3. The van der Waals surface area contributed by atoms with E-state index in [-0.39, 0.29) is 30.3 Å². The maximum absolute atomic E-state index is 13.0. The first-order valence-corrected chi connectivity index (χ1v) is 11.1. The number of fused-ring (bicyclic) bond motifs is 1. The van der Waals surface area contributed by atoms with Gasteiger partial charge in [0.25, 0.3) is 5.56 Å². The van der Waals surface area contributed by atoms with Crippen molar-refractivity contribution in [3.8, 4) is 5.75 Å². The van der Waals surface area contributed by atoms with Crippen LogP contribution in [0.25, 0.3) is 11.2 Å². The van der Waals surface area contributed by atoms with E-state index < -0.39 is 17.4 Å². The van der Waals surface area contributed by atoms with E-state index in [0.717, 1.165) is 22.1 Å². The number of ether oxygens (including phenoxy) is 1. The number of hydrazone groups is 1. The number of hydrogen-bond acceptors (Lipinski definition) is 8. The molecule has 1 aromatic carbocycles. The highest BCUT2D eigenvalue weighted by atomic mass is 16.5. The standard InChI is InChI=1S/C24H27N7O4/c1-4-16-7-5-9-19(11-16)35-15-18(32)14-31-20-21(29(2)24(34)30(3)22(20)33)27-23(31)28-26-13-17-8-6-10-25-12-17/h5-13,18,32H,4,14-15H2,1-3H3,(H,27,28)/b26-13-/t18-/m0/s1. The number of hydrogen-bond donors (Lipinski definition) is 2. The molecule has 4 aromatic rings. The van der Waals surface area contributed by atoms with Gasteiger partial charge in [0.1, 0.15) is 18.5 Å². The molecule has 0 amide bonds. The Morgan fingerprint density at radius 2 is 2.03 bits per heavy atom. The lowest BCUT2D eigenvalue weighted by molar-refractivity contribution is 0.0938. The van der Waals surface area contributed by atoms with E-state index in [1.807, 2.05) is 30.3 Å². The van der Waals surface area contributed by atoms with Crippen LogP contribution >= 0.6 is 0 Å². The predicted molar refractivity (Wildman–Crippen MR) is 133 cm³/mol. The number of aliphatic hydroxyl groups excluding tert-OH is 1. The molecule has 2 N–H and O–H groups in total. The van der Waals surface area contributed by atoms with E-state index >= 15 is 0 Å². The second-order valence-corrected chi connectivity index (χ2v) is 8.05. The molecule has 4 rings (SSSR count). The van der Waals surface area contributed by atoms with E-state index in [1.54, 1.807) is 24.7 Å². The molecular formula is C24H27N7O4. The number of pyridine rings is 1. The minimum atomic E-state index is -0.970. The molecule has 0 spiro atoms. The second-order valence-electron chi connectivity index (χ2n) is 8.05. The molecular weight excluding hydrogens is 450 g/mol. The van der Waals surface area contributed by atoms with E-state index in [0.29, 0.717) is 5.75 Å². The van der Waals surface area contributed by atoms with Crippen LogP contribution in [-0.4, -0.2) is 47.7 Å². The minimum Gasteiger partial charge on any atom is -0.491 e. The first-order chi connectivity index (χ1) is 16.9. The third-order valence-corrected chi connectivity index (χ3v) is 5.55. The predicted octanol–water partition coefficient (Wildman–Crippen LogP) is 1.28. The molecule has 0 radical (unpaired) electrons. The SMILES string of the molecule is CCc1cccc(OC[C@@H](O)Cn2c(N/N=C\c3cccnc3)nc3c2c(=O)n(C)c(=O)n3C)c1. The summed E-state index contributed by atoms with van der Waals surface area (Å²) in [4.78, 5) is 33.8. The van der Waals surface area contributed by atoms with E-state index in [4.69, 9.17) is 4.74 Å². The smallest absolute Gasteiger partial charge is 0.332 e. The number of rotatable bonds is 9. The molecule has 0 saturated carbocycles. The Kier molecular flexibility index (Phi) is 7.06. The Morgan fingerprint density at radius 3 is 2.77 bits per heavy atom. The van der Waals surface area contributed by atoms with E-state index in [9.17, 15) is 14.7 Å². The van der Waals surface area contributed by atoms with Gasteiger partial charge in [0.2, 0.25) is 5.95 Å². The Labute approximate surface area is 201 Å². The van der Waals surface area contributed by atoms with Gasteiger partial charge in [-0.2, -0.15) is 10.1 Å². The summed E-state index contributed by atoms with van der Waals surface area (Å²) < 4.78 is 9.56. The number of aromatic nitrogens is 5. The van der Waals surface area contributed by atoms with Gasteiger partial charge < -0.3 is 14.4 Å².